The normalized spacial score (nSPS) is 11.3. The number of phosphoric acid groups is 1. The zero-order valence-electron chi connectivity index (χ0n) is 26.4. The van der Waals surface area contributed by atoms with E-state index in [9.17, 15) is 9.36 Å². The Bertz CT molecular complexity index is 1500. The molecule has 0 fully saturated rings. The van der Waals surface area contributed by atoms with Crippen molar-refractivity contribution in [1.29, 1.82) is 0 Å². The zero-order chi connectivity index (χ0) is 32.6. The average molecular weight is 646 g/mol. The molecule has 4 aromatic rings. The van der Waals surface area contributed by atoms with Crippen LogP contribution in [-0.4, -0.2) is 47.5 Å². The second kappa shape index (κ2) is 18.3. The number of ether oxygens (including phenoxy) is 2. The van der Waals surface area contributed by atoms with Crippen molar-refractivity contribution in [2.45, 2.75) is 51.5 Å². The number of unbranched alkanes of at least 4 members (excludes halogenated alkanes) is 2. The van der Waals surface area contributed by atoms with E-state index in [0.717, 1.165) is 43.4 Å². The average Bonchev–Trinajstić information content (AvgIpc) is 3.07. The van der Waals surface area contributed by atoms with E-state index in [4.69, 9.17) is 19.3 Å². The van der Waals surface area contributed by atoms with E-state index in [1.54, 1.807) is 12.0 Å². The van der Waals surface area contributed by atoms with Gasteiger partial charge in [-0.3, -0.25) is 9.32 Å². The van der Waals surface area contributed by atoms with E-state index in [2.05, 4.69) is 65.2 Å². The number of hydrogen-bond donors (Lipinski definition) is 2. The summed E-state index contributed by atoms with van der Waals surface area (Å²) in [5.41, 5.74) is 5.88. The van der Waals surface area contributed by atoms with Gasteiger partial charge >= 0.3 is 7.82 Å². The summed E-state index contributed by atoms with van der Waals surface area (Å²) < 4.78 is 26.8. The molecule has 8 nitrogen and oxygen atoms in total. The van der Waals surface area contributed by atoms with Crippen LogP contribution in [0.4, 0.5) is 0 Å². The molecule has 244 valence electrons. The molecule has 0 heterocycles. The van der Waals surface area contributed by atoms with Crippen LogP contribution in [-0.2, 0) is 33.3 Å². The van der Waals surface area contributed by atoms with Crippen molar-refractivity contribution in [2.75, 3.05) is 26.9 Å². The molecule has 0 aliphatic carbocycles. The third kappa shape index (κ3) is 12.5. The third-order valence-corrected chi connectivity index (χ3v) is 8.24. The van der Waals surface area contributed by atoms with E-state index in [-0.39, 0.29) is 19.1 Å². The fourth-order valence-corrected chi connectivity index (χ4v) is 5.46. The van der Waals surface area contributed by atoms with Gasteiger partial charge in [-0.05, 0) is 90.6 Å². The predicted molar refractivity (Wildman–Crippen MR) is 181 cm³/mol. The quantitative estimate of drug-likeness (QED) is 0.0799. The van der Waals surface area contributed by atoms with Crippen molar-refractivity contribution in [1.82, 2.24) is 4.90 Å². The van der Waals surface area contributed by atoms with Crippen LogP contribution in [0.25, 0.3) is 11.1 Å². The van der Waals surface area contributed by atoms with Gasteiger partial charge in [0.25, 0.3) is 0 Å². The Hall–Kier alpha value is -3.94. The SMILES string of the molecule is COc1ccc(CN(CCOP(=O)(O)O)C(=O)CCCCc2ccc(OCCCCc3ccc(-c4ccccc4)cc3)cc2)cc1. The minimum Gasteiger partial charge on any atom is -0.497 e. The highest BCUT2D eigenvalue weighted by Crippen LogP contribution is 2.35. The maximum absolute atomic E-state index is 13.0. The first-order valence-corrected chi connectivity index (χ1v) is 17.3. The Morgan fingerprint density at radius 2 is 1.24 bits per heavy atom. The second-order valence-corrected chi connectivity index (χ2v) is 12.4. The van der Waals surface area contributed by atoms with E-state index < -0.39 is 7.82 Å². The largest absolute Gasteiger partial charge is 0.497 e. The molecule has 1 amide bonds. The number of methoxy groups -OCH3 is 1. The number of rotatable bonds is 19. The van der Waals surface area contributed by atoms with Crippen LogP contribution < -0.4 is 9.47 Å². The van der Waals surface area contributed by atoms with Crippen LogP contribution >= 0.6 is 7.82 Å². The van der Waals surface area contributed by atoms with Gasteiger partial charge in [-0.1, -0.05) is 78.9 Å². The van der Waals surface area contributed by atoms with Crippen LogP contribution in [0.15, 0.2) is 103 Å². The lowest BCUT2D eigenvalue weighted by Gasteiger charge is -2.23. The van der Waals surface area contributed by atoms with Crippen molar-refractivity contribution in [3.8, 4) is 22.6 Å². The molecule has 46 heavy (non-hydrogen) atoms. The van der Waals surface area contributed by atoms with Gasteiger partial charge in [-0.15, -0.1) is 0 Å². The van der Waals surface area contributed by atoms with Crippen molar-refractivity contribution in [2.24, 2.45) is 0 Å². The third-order valence-electron chi connectivity index (χ3n) is 7.72. The number of benzene rings is 4. The van der Waals surface area contributed by atoms with Crippen LogP contribution in [0, 0.1) is 0 Å². The van der Waals surface area contributed by atoms with Crippen LogP contribution in [0.5, 0.6) is 11.5 Å². The van der Waals surface area contributed by atoms with Gasteiger partial charge < -0.3 is 24.2 Å². The Morgan fingerprint density at radius 3 is 1.87 bits per heavy atom. The molecule has 0 aliphatic heterocycles. The number of carbonyl (C=O) groups is 1. The molecule has 0 aliphatic rings. The summed E-state index contributed by atoms with van der Waals surface area (Å²) in [6, 6.07) is 34.7. The Morgan fingerprint density at radius 1 is 0.674 bits per heavy atom. The Balaban J connectivity index is 1.13. The van der Waals surface area contributed by atoms with Crippen molar-refractivity contribution < 1.29 is 33.1 Å². The number of aryl methyl sites for hydroxylation is 2. The van der Waals surface area contributed by atoms with E-state index in [0.29, 0.717) is 31.7 Å². The Labute approximate surface area is 272 Å². The van der Waals surface area contributed by atoms with Gasteiger partial charge in [0.1, 0.15) is 11.5 Å². The molecule has 0 unspecified atom stereocenters. The molecule has 0 bridgehead atoms. The summed E-state index contributed by atoms with van der Waals surface area (Å²) in [6.45, 7) is 0.829. The first-order valence-electron chi connectivity index (χ1n) is 15.8. The molecule has 0 saturated heterocycles. The summed E-state index contributed by atoms with van der Waals surface area (Å²) in [5.74, 6) is 1.49. The van der Waals surface area contributed by atoms with Crippen LogP contribution in [0.1, 0.15) is 48.8 Å². The summed E-state index contributed by atoms with van der Waals surface area (Å²) in [6.07, 6.45) is 5.80. The van der Waals surface area contributed by atoms with Gasteiger partial charge in [-0.2, -0.15) is 0 Å². The van der Waals surface area contributed by atoms with E-state index in [1.807, 2.05) is 42.5 Å². The summed E-state index contributed by atoms with van der Waals surface area (Å²) in [7, 11) is -3.02. The molecule has 2 N–H and O–H groups in total. The summed E-state index contributed by atoms with van der Waals surface area (Å²) >= 11 is 0. The van der Waals surface area contributed by atoms with Gasteiger partial charge in [-0.25, -0.2) is 4.57 Å². The molecule has 4 rings (SSSR count). The molecule has 0 spiro atoms. The number of nitrogens with zero attached hydrogens (tertiary/aromatic N) is 1. The lowest BCUT2D eigenvalue weighted by molar-refractivity contribution is -0.132. The molecule has 9 heteroatoms. The number of amides is 1. The zero-order valence-corrected chi connectivity index (χ0v) is 27.3. The molecule has 0 atom stereocenters. The van der Waals surface area contributed by atoms with Gasteiger partial charge in [0.2, 0.25) is 5.91 Å². The highest BCUT2D eigenvalue weighted by Gasteiger charge is 2.18. The van der Waals surface area contributed by atoms with E-state index in [1.165, 1.54) is 22.3 Å². The topological polar surface area (TPSA) is 106 Å². The maximum atomic E-state index is 13.0. The minimum atomic E-state index is -4.60. The Kier molecular flexibility index (Phi) is 13.9. The van der Waals surface area contributed by atoms with Crippen molar-refractivity contribution >= 4 is 13.7 Å². The van der Waals surface area contributed by atoms with Gasteiger partial charge in [0.05, 0.1) is 20.3 Å². The summed E-state index contributed by atoms with van der Waals surface area (Å²) in [5, 5.41) is 0. The minimum absolute atomic E-state index is 0.0826. The monoisotopic (exact) mass is 645 g/mol. The van der Waals surface area contributed by atoms with Crippen LogP contribution in [0.2, 0.25) is 0 Å². The molecule has 0 radical (unpaired) electrons. The fraction of sp³-hybridized carbons (Fsp3) is 0.324. The standard InChI is InChI=1S/C37H44NO7P/c1-43-35-22-18-32(19-23-35)29-38(26-28-45-46(40,41)42)37(39)13-6-5-9-31-16-24-36(25-17-31)44-27-8-7-10-30-14-20-34(21-15-30)33-11-3-2-4-12-33/h2-4,11-12,14-25H,5-10,13,26-29H2,1H3,(H2,40,41,42). The highest BCUT2D eigenvalue weighted by atomic mass is 31.2. The lowest BCUT2D eigenvalue weighted by atomic mass is 10.0. The van der Waals surface area contributed by atoms with Crippen molar-refractivity contribution in [3.05, 3.63) is 120 Å². The predicted octanol–water partition coefficient (Wildman–Crippen LogP) is 7.61. The number of hydrogen-bond acceptors (Lipinski definition) is 5. The maximum Gasteiger partial charge on any atom is 0.469 e. The number of carbonyl (C=O) groups excluding carboxylic acids is 1. The fourth-order valence-electron chi connectivity index (χ4n) is 5.14. The molecule has 4 aromatic carbocycles. The van der Waals surface area contributed by atoms with Gasteiger partial charge in [0.15, 0.2) is 0 Å². The molecule has 0 aromatic heterocycles. The highest BCUT2D eigenvalue weighted by molar-refractivity contribution is 7.46. The van der Waals surface area contributed by atoms with Crippen LogP contribution in [0.3, 0.4) is 0 Å². The first-order chi connectivity index (χ1) is 22.3. The molecular formula is C37H44NO7P. The van der Waals surface area contributed by atoms with Gasteiger partial charge in [0, 0.05) is 19.5 Å². The van der Waals surface area contributed by atoms with E-state index >= 15 is 0 Å². The first kappa shape index (κ1) is 34.9. The summed E-state index contributed by atoms with van der Waals surface area (Å²) in [4.78, 5) is 32.6. The second-order valence-electron chi connectivity index (χ2n) is 11.2. The smallest absolute Gasteiger partial charge is 0.469 e. The van der Waals surface area contributed by atoms with Crippen molar-refractivity contribution in [3.63, 3.8) is 0 Å². The number of phosphoric ester groups is 1. The lowest BCUT2D eigenvalue weighted by Crippen LogP contribution is -2.33. The molecular weight excluding hydrogens is 601 g/mol. The molecule has 0 saturated carbocycles.